The third kappa shape index (κ3) is 2.52. The first-order valence-electron chi connectivity index (χ1n) is 5.65. The number of aliphatic carboxylic acids is 1. The Morgan fingerprint density at radius 3 is 2.25 bits per heavy atom. The quantitative estimate of drug-likeness (QED) is 0.740. The molecule has 0 bridgehead atoms. The Balaban J connectivity index is 2.60. The van der Waals surface area contributed by atoms with Gasteiger partial charge in [0.15, 0.2) is 0 Å². The van der Waals surface area contributed by atoms with Crippen molar-refractivity contribution in [3.8, 4) is 0 Å². The van der Waals surface area contributed by atoms with E-state index in [4.69, 9.17) is 5.11 Å². The van der Waals surface area contributed by atoms with Crippen LogP contribution in [0.15, 0.2) is 0 Å². The Labute approximate surface area is 96.0 Å². The zero-order valence-corrected chi connectivity index (χ0v) is 10.2. The summed E-state index contributed by atoms with van der Waals surface area (Å²) in [6.07, 6.45) is 1.06. The number of rotatable bonds is 5. The molecule has 0 atom stereocenters. The molecule has 5 nitrogen and oxygen atoms in total. The number of likely N-dealkylation sites (N-methyl/N-ethyl adjacent to an activating group) is 1. The predicted octanol–water partition coefficient (Wildman–Crippen LogP) is 0.404. The second kappa shape index (κ2) is 4.82. The van der Waals surface area contributed by atoms with Crippen LogP contribution >= 0.6 is 0 Å². The maximum Gasteiger partial charge on any atom is 0.323 e. The molecule has 92 valence electrons. The molecule has 0 unspecified atom stereocenters. The minimum atomic E-state index is -0.991. The Morgan fingerprint density at radius 2 is 1.94 bits per heavy atom. The van der Waals surface area contributed by atoms with Crippen molar-refractivity contribution in [2.75, 3.05) is 26.2 Å². The Bertz CT molecular complexity index is 285. The minimum Gasteiger partial charge on any atom is -0.480 e. The van der Waals surface area contributed by atoms with Crippen LogP contribution < -0.4 is 0 Å². The van der Waals surface area contributed by atoms with Crippen LogP contribution in [-0.2, 0) is 9.59 Å². The van der Waals surface area contributed by atoms with Gasteiger partial charge in [0, 0.05) is 13.1 Å². The molecule has 1 fully saturated rings. The maximum atomic E-state index is 11.8. The second-order valence-corrected chi connectivity index (χ2v) is 4.61. The van der Waals surface area contributed by atoms with E-state index in [-0.39, 0.29) is 12.5 Å². The van der Waals surface area contributed by atoms with Crippen molar-refractivity contribution < 1.29 is 14.7 Å². The third-order valence-corrected chi connectivity index (χ3v) is 3.23. The molecule has 0 aliphatic carbocycles. The number of carboxylic acid groups (broad SMARTS) is 1. The van der Waals surface area contributed by atoms with Crippen molar-refractivity contribution in [2.45, 2.75) is 32.7 Å². The SMILES string of the molecule is CCN(CC(=O)N1CCC1)C(C)(C)C(=O)O. The molecule has 0 aromatic rings. The van der Waals surface area contributed by atoms with Crippen molar-refractivity contribution in [3.63, 3.8) is 0 Å². The number of amides is 1. The van der Waals surface area contributed by atoms with Gasteiger partial charge in [-0.05, 0) is 26.8 Å². The van der Waals surface area contributed by atoms with E-state index in [9.17, 15) is 9.59 Å². The van der Waals surface area contributed by atoms with Gasteiger partial charge in [-0.2, -0.15) is 0 Å². The number of carbonyl (C=O) groups excluding carboxylic acids is 1. The predicted molar refractivity (Wildman–Crippen MR) is 60.2 cm³/mol. The molecule has 1 aliphatic heterocycles. The summed E-state index contributed by atoms with van der Waals surface area (Å²) in [5, 5.41) is 9.10. The van der Waals surface area contributed by atoms with Gasteiger partial charge in [-0.1, -0.05) is 6.92 Å². The number of hydrogen-bond acceptors (Lipinski definition) is 3. The van der Waals surface area contributed by atoms with Crippen molar-refractivity contribution in [3.05, 3.63) is 0 Å². The molecule has 0 aromatic carbocycles. The summed E-state index contributed by atoms with van der Waals surface area (Å²) in [4.78, 5) is 26.3. The smallest absolute Gasteiger partial charge is 0.323 e. The number of carbonyl (C=O) groups is 2. The average molecular weight is 228 g/mol. The lowest BCUT2D eigenvalue weighted by atomic mass is 10.0. The van der Waals surface area contributed by atoms with E-state index in [0.29, 0.717) is 6.54 Å². The molecule has 0 radical (unpaired) electrons. The van der Waals surface area contributed by atoms with Crippen LogP contribution in [0.25, 0.3) is 0 Å². The molecule has 1 rings (SSSR count). The van der Waals surface area contributed by atoms with Crippen LogP contribution in [-0.4, -0.2) is 58.5 Å². The number of hydrogen-bond donors (Lipinski definition) is 1. The fourth-order valence-corrected chi connectivity index (χ4v) is 1.67. The van der Waals surface area contributed by atoms with Crippen LogP contribution in [0.2, 0.25) is 0 Å². The fourth-order valence-electron chi connectivity index (χ4n) is 1.67. The van der Waals surface area contributed by atoms with E-state index in [2.05, 4.69) is 0 Å². The monoisotopic (exact) mass is 228 g/mol. The molecule has 1 heterocycles. The van der Waals surface area contributed by atoms with E-state index >= 15 is 0 Å². The highest BCUT2D eigenvalue weighted by molar-refractivity contribution is 5.82. The maximum absolute atomic E-state index is 11.8. The van der Waals surface area contributed by atoms with Crippen LogP contribution in [0.5, 0.6) is 0 Å². The Kier molecular flexibility index (Phi) is 3.91. The van der Waals surface area contributed by atoms with E-state index in [1.54, 1.807) is 23.6 Å². The average Bonchev–Trinajstić information content (AvgIpc) is 2.10. The highest BCUT2D eigenvalue weighted by Crippen LogP contribution is 2.15. The van der Waals surface area contributed by atoms with Crippen molar-refractivity contribution in [2.24, 2.45) is 0 Å². The van der Waals surface area contributed by atoms with Crippen LogP contribution in [0.4, 0.5) is 0 Å². The molecule has 16 heavy (non-hydrogen) atoms. The molecule has 0 saturated carbocycles. The molecule has 1 N–H and O–H groups in total. The van der Waals surface area contributed by atoms with Crippen molar-refractivity contribution in [1.82, 2.24) is 9.80 Å². The summed E-state index contributed by atoms with van der Waals surface area (Å²) in [5.74, 6) is -0.867. The van der Waals surface area contributed by atoms with Gasteiger partial charge in [-0.15, -0.1) is 0 Å². The molecular formula is C11H20N2O3. The zero-order valence-electron chi connectivity index (χ0n) is 10.2. The highest BCUT2D eigenvalue weighted by atomic mass is 16.4. The largest absolute Gasteiger partial charge is 0.480 e. The topological polar surface area (TPSA) is 60.9 Å². The summed E-state index contributed by atoms with van der Waals surface area (Å²) < 4.78 is 0. The van der Waals surface area contributed by atoms with Crippen molar-refractivity contribution in [1.29, 1.82) is 0 Å². The van der Waals surface area contributed by atoms with Gasteiger partial charge in [0.1, 0.15) is 5.54 Å². The summed E-state index contributed by atoms with van der Waals surface area (Å²) >= 11 is 0. The Hall–Kier alpha value is -1.10. The lowest BCUT2D eigenvalue weighted by Gasteiger charge is -2.37. The first kappa shape index (κ1) is 13.0. The standard InChI is InChI=1S/C11H20N2O3/c1-4-13(11(2,3)10(15)16)8-9(14)12-6-5-7-12/h4-8H2,1-3H3,(H,15,16). The zero-order chi connectivity index (χ0) is 12.3. The van der Waals surface area contributed by atoms with Gasteiger partial charge in [-0.3, -0.25) is 14.5 Å². The highest BCUT2D eigenvalue weighted by Gasteiger charge is 2.35. The molecule has 0 spiro atoms. The lowest BCUT2D eigenvalue weighted by molar-refractivity contribution is -0.151. The number of carboxylic acids is 1. The molecule has 0 aromatic heterocycles. The van der Waals surface area contributed by atoms with E-state index in [1.807, 2.05) is 6.92 Å². The molecule has 1 saturated heterocycles. The fraction of sp³-hybridized carbons (Fsp3) is 0.818. The van der Waals surface area contributed by atoms with E-state index < -0.39 is 11.5 Å². The summed E-state index contributed by atoms with van der Waals surface area (Å²) in [7, 11) is 0. The first-order valence-corrected chi connectivity index (χ1v) is 5.65. The first-order chi connectivity index (χ1) is 7.39. The van der Waals surface area contributed by atoms with Gasteiger partial charge in [0.05, 0.1) is 6.54 Å². The molecule has 5 heteroatoms. The Morgan fingerprint density at radius 1 is 1.38 bits per heavy atom. The van der Waals surface area contributed by atoms with Gasteiger partial charge < -0.3 is 10.0 Å². The van der Waals surface area contributed by atoms with Gasteiger partial charge in [0.2, 0.25) is 5.91 Å². The molecular weight excluding hydrogens is 208 g/mol. The minimum absolute atomic E-state index is 0.0300. The number of nitrogens with zero attached hydrogens (tertiary/aromatic N) is 2. The van der Waals surface area contributed by atoms with Crippen LogP contribution in [0.3, 0.4) is 0 Å². The number of likely N-dealkylation sites (tertiary alicyclic amines) is 1. The third-order valence-electron chi connectivity index (χ3n) is 3.23. The lowest BCUT2D eigenvalue weighted by Crippen LogP contribution is -2.55. The van der Waals surface area contributed by atoms with Crippen molar-refractivity contribution >= 4 is 11.9 Å². The van der Waals surface area contributed by atoms with E-state index in [1.165, 1.54) is 0 Å². The summed E-state index contributed by atoms with van der Waals surface area (Å²) in [5.41, 5.74) is -0.991. The van der Waals surface area contributed by atoms with E-state index in [0.717, 1.165) is 19.5 Å². The normalized spacial score (nSPS) is 16.1. The van der Waals surface area contributed by atoms with Gasteiger partial charge in [-0.25, -0.2) is 0 Å². The van der Waals surface area contributed by atoms with Crippen LogP contribution in [0.1, 0.15) is 27.2 Å². The molecule has 1 amide bonds. The van der Waals surface area contributed by atoms with Gasteiger partial charge >= 0.3 is 5.97 Å². The molecule has 1 aliphatic rings. The van der Waals surface area contributed by atoms with Gasteiger partial charge in [0.25, 0.3) is 0 Å². The second-order valence-electron chi connectivity index (χ2n) is 4.61. The summed E-state index contributed by atoms with van der Waals surface area (Å²) in [6, 6.07) is 0. The van der Waals surface area contributed by atoms with Crippen LogP contribution in [0, 0.1) is 0 Å². The summed E-state index contributed by atoms with van der Waals surface area (Å²) in [6.45, 7) is 7.49.